The lowest BCUT2D eigenvalue weighted by Crippen LogP contribution is -1.93. The number of benzene rings is 1. The zero-order valence-corrected chi connectivity index (χ0v) is 9.53. The SMILES string of the molecule is CC(=O)c1ccc(-c2cccnc2)cc1Cl. The van der Waals surface area contributed by atoms with Gasteiger partial charge in [0.15, 0.2) is 5.78 Å². The second-order valence-corrected chi connectivity index (χ2v) is 3.90. The monoisotopic (exact) mass is 231 g/mol. The van der Waals surface area contributed by atoms with E-state index in [1.165, 1.54) is 6.92 Å². The van der Waals surface area contributed by atoms with Crippen molar-refractivity contribution in [2.24, 2.45) is 0 Å². The average molecular weight is 232 g/mol. The molecule has 0 fully saturated rings. The molecule has 0 saturated heterocycles. The molecule has 0 spiro atoms. The van der Waals surface area contributed by atoms with Crippen LogP contribution < -0.4 is 0 Å². The van der Waals surface area contributed by atoms with Crippen LogP contribution in [-0.2, 0) is 0 Å². The molecule has 0 unspecified atom stereocenters. The first-order chi connectivity index (χ1) is 7.68. The quantitative estimate of drug-likeness (QED) is 0.739. The zero-order valence-electron chi connectivity index (χ0n) is 8.77. The molecule has 0 bridgehead atoms. The van der Waals surface area contributed by atoms with Crippen LogP contribution in [0, 0.1) is 0 Å². The Kier molecular flexibility index (Phi) is 3.02. The molecule has 0 radical (unpaired) electrons. The fourth-order valence-corrected chi connectivity index (χ4v) is 1.83. The van der Waals surface area contributed by atoms with Crippen LogP contribution in [0.15, 0.2) is 42.7 Å². The lowest BCUT2D eigenvalue weighted by molar-refractivity contribution is 0.101. The summed E-state index contributed by atoms with van der Waals surface area (Å²) >= 11 is 6.03. The maximum atomic E-state index is 11.2. The van der Waals surface area contributed by atoms with Crippen molar-refractivity contribution < 1.29 is 4.79 Å². The standard InChI is InChI=1S/C13H10ClNO/c1-9(16)12-5-4-10(7-13(12)14)11-3-2-6-15-8-11/h2-8H,1H3. The summed E-state index contributed by atoms with van der Waals surface area (Å²) in [4.78, 5) is 15.3. The van der Waals surface area contributed by atoms with Crippen LogP contribution in [0.25, 0.3) is 11.1 Å². The number of rotatable bonds is 2. The van der Waals surface area contributed by atoms with Gasteiger partial charge in [-0.05, 0) is 30.7 Å². The first kappa shape index (κ1) is 10.8. The van der Waals surface area contributed by atoms with Gasteiger partial charge in [0, 0.05) is 23.5 Å². The van der Waals surface area contributed by atoms with Gasteiger partial charge < -0.3 is 0 Å². The van der Waals surface area contributed by atoms with Crippen molar-refractivity contribution >= 4 is 17.4 Å². The van der Waals surface area contributed by atoms with Crippen molar-refractivity contribution in [2.75, 3.05) is 0 Å². The van der Waals surface area contributed by atoms with Crippen LogP contribution in [0.3, 0.4) is 0 Å². The zero-order chi connectivity index (χ0) is 11.5. The highest BCUT2D eigenvalue weighted by molar-refractivity contribution is 6.34. The number of hydrogen-bond acceptors (Lipinski definition) is 2. The molecule has 1 heterocycles. The Labute approximate surface area is 98.9 Å². The third-order valence-electron chi connectivity index (χ3n) is 2.34. The van der Waals surface area contributed by atoms with Crippen molar-refractivity contribution in [1.29, 1.82) is 0 Å². The normalized spacial score (nSPS) is 10.1. The number of hydrogen-bond donors (Lipinski definition) is 0. The van der Waals surface area contributed by atoms with E-state index < -0.39 is 0 Å². The number of Topliss-reactive ketones (excluding diaryl/α,β-unsaturated/α-hetero) is 1. The number of carbonyl (C=O) groups is 1. The largest absolute Gasteiger partial charge is 0.294 e. The molecular formula is C13H10ClNO. The number of pyridine rings is 1. The van der Waals surface area contributed by atoms with Crippen molar-refractivity contribution in [3.05, 3.63) is 53.3 Å². The van der Waals surface area contributed by atoms with Gasteiger partial charge in [-0.25, -0.2) is 0 Å². The fraction of sp³-hybridized carbons (Fsp3) is 0.0769. The van der Waals surface area contributed by atoms with Gasteiger partial charge in [-0.2, -0.15) is 0 Å². The molecule has 0 aliphatic heterocycles. The van der Waals surface area contributed by atoms with Crippen molar-refractivity contribution in [3.63, 3.8) is 0 Å². The van der Waals surface area contributed by atoms with E-state index in [1.54, 1.807) is 24.5 Å². The van der Waals surface area contributed by atoms with Gasteiger partial charge in [0.05, 0.1) is 5.02 Å². The molecule has 2 nitrogen and oxygen atoms in total. The minimum absolute atomic E-state index is 0.0252. The Balaban J connectivity index is 2.46. The highest BCUT2D eigenvalue weighted by Gasteiger charge is 2.06. The van der Waals surface area contributed by atoms with Crippen LogP contribution >= 0.6 is 11.6 Å². The molecule has 80 valence electrons. The van der Waals surface area contributed by atoms with Gasteiger partial charge in [-0.3, -0.25) is 9.78 Å². The van der Waals surface area contributed by atoms with Crippen LogP contribution in [0.4, 0.5) is 0 Å². The van der Waals surface area contributed by atoms with Crippen LogP contribution in [0.1, 0.15) is 17.3 Å². The summed E-state index contributed by atoms with van der Waals surface area (Å²) < 4.78 is 0. The Morgan fingerprint density at radius 3 is 2.62 bits per heavy atom. The summed E-state index contributed by atoms with van der Waals surface area (Å²) in [5, 5.41) is 0.480. The van der Waals surface area contributed by atoms with E-state index in [4.69, 9.17) is 11.6 Å². The molecular weight excluding hydrogens is 222 g/mol. The van der Waals surface area contributed by atoms with E-state index in [9.17, 15) is 4.79 Å². The van der Waals surface area contributed by atoms with E-state index in [1.807, 2.05) is 18.2 Å². The van der Waals surface area contributed by atoms with Crippen LogP contribution in [0.2, 0.25) is 5.02 Å². The molecule has 0 aliphatic rings. The molecule has 1 aromatic heterocycles. The summed E-state index contributed by atoms with van der Waals surface area (Å²) in [6.07, 6.45) is 3.48. The molecule has 0 N–H and O–H groups in total. The Bertz CT molecular complexity index is 523. The summed E-state index contributed by atoms with van der Waals surface area (Å²) in [5.41, 5.74) is 2.50. The molecule has 0 saturated carbocycles. The topological polar surface area (TPSA) is 30.0 Å². The number of carbonyl (C=O) groups excluding carboxylic acids is 1. The third-order valence-corrected chi connectivity index (χ3v) is 2.66. The van der Waals surface area contributed by atoms with Crippen LogP contribution in [-0.4, -0.2) is 10.8 Å². The predicted molar refractivity (Wildman–Crippen MR) is 64.7 cm³/mol. The molecule has 0 aliphatic carbocycles. The van der Waals surface area contributed by atoms with Gasteiger partial charge in [0.25, 0.3) is 0 Å². The maximum Gasteiger partial charge on any atom is 0.161 e. The Morgan fingerprint density at radius 1 is 1.25 bits per heavy atom. The molecule has 16 heavy (non-hydrogen) atoms. The van der Waals surface area contributed by atoms with Crippen LogP contribution in [0.5, 0.6) is 0 Å². The number of aromatic nitrogens is 1. The highest BCUT2D eigenvalue weighted by Crippen LogP contribution is 2.25. The van der Waals surface area contributed by atoms with Crippen molar-refractivity contribution in [2.45, 2.75) is 6.92 Å². The molecule has 0 amide bonds. The van der Waals surface area contributed by atoms with E-state index >= 15 is 0 Å². The first-order valence-corrected chi connectivity index (χ1v) is 5.27. The van der Waals surface area contributed by atoms with Crippen molar-refractivity contribution in [3.8, 4) is 11.1 Å². The molecule has 0 atom stereocenters. The van der Waals surface area contributed by atoms with Gasteiger partial charge in [0.2, 0.25) is 0 Å². The summed E-state index contributed by atoms with van der Waals surface area (Å²) in [6.45, 7) is 1.50. The van der Waals surface area contributed by atoms with Gasteiger partial charge >= 0.3 is 0 Å². The fourth-order valence-electron chi connectivity index (χ4n) is 1.51. The number of ketones is 1. The third kappa shape index (κ3) is 2.12. The Hall–Kier alpha value is -1.67. The lowest BCUT2D eigenvalue weighted by Gasteiger charge is -2.04. The van der Waals surface area contributed by atoms with Crippen molar-refractivity contribution in [1.82, 2.24) is 4.98 Å². The van der Waals surface area contributed by atoms with Gasteiger partial charge in [-0.1, -0.05) is 23.7 Å². The maximum absolute atomic E-state index is 11.2. The van der Waals surface area contributed by atoms with E-state index in [0.29, 0.717) is 10.6 Å². The molecule has 2 aromatic rings. The average Bonchev–Trinajstić information content (AvgIpc) is 2.29. The highest BCUT2D eigenvalue weighted by atomic mass is 35.5. The summed E-state index contributed by atoms with van der Waals surface area (Å²) in [6, 6.07) is 9.22. The lowest BCUT2D eigenvalue weighted by atomic mass is 10.0. The molecule has 2 rings (SSSR count). The first-order valence-electron chi connectivity index (χ1n) is 4.89. The smallest absolute Gasteiger partial charge is 0.161 e. The predicted octanol–water partition coefficient (Wildman–Crippen LogP) is 3.60. The second-order valence-electron chi connectivity index (χ2n) is 3.49. The number of nitrogens with zero attached hydrogens (tertiary/aromatic N) is 1. The van der Waals surface area contributed by atoms with E-state index in [0.717, 1.165) is 11.1 Å². The summed E-state index contributed by atoms with van der Waals surface area (Å²) in [5.74, 6) is -0.0252. The molecule has 3 heteroatoms. The number of halogens is 1. The Morgan fingerprint density at radius 2 is 2.06 bits per heavy atom. The minimum Gasteiger partial charge on any atom is -0.294 e. The minimum atomic E-state index is -0.0252. The summed E-state index contributed by atoms with van der Waals surface area (Å²) in [7, 11) is 0. The van der Waals surface area contributed by atoms with E-state index in [-0.39, 0.29) is 5.78 Å². The molecule has 1 aromatic carbocycles. The van der Waals surface area contributed by atoms with E-state index in [2.05, 4.69) is 4.98 Å². The van der Waals surface area contributed by atoms with Gasteiger partial charge in [-0.15, -0.1) is 0 Å². The second kappa shape index (κ2) is 4.45. The van der Waals surface area contributed by atoms with Gasteiger partial charge in [0.1, 0.15) is 0 Å².